The van der Waals surface area contributed by atoms with Crippen LogP contribution in [0.3, 0.4) is 0 Å². The van der Waals surface area contributed by atoms with Crippen LogP contribution < -0.4 is 4.74 Å². The predicted molar refractivity (Wildman–Crippen MR) is 90.7 cm³/mol. The van der Waals surface area contributed by atoms with Gasteiger partial charge in [0.05, 0.1) is 13.2 Å². The zero-order valence-electron chi connectivity index (χ0n) is 13.4. The van der Waals surface area contributed by atoms with E-state index in [2.05, 4.69) is 39.4 Å². The summed E-state index contributed by atoms with van der Waals surface area (Å²) in [4.78, 5) is 2.41. The molecule has 0 amide bonds. The van der Waals surface area contributed by atoms with E-state index in [0.29, 0.717) is 17.8 Å². The molecule has 3 rings (SSSR count). The van der Waals surface area contributed by atoms with E-state index in [1.807, 2.05) is 6.92 Å². The van der Waals surface area contributed by atoms with Crippen LogP contribution in [0, 0.1) is 0 Å². The maximum atomic E-state index is 9.22. The van der Waals surface area contributed by atoms with E-state index in [1.54, 1.807) is 0 Å². The molecular formula is C17H23N3O2S. The first-order valence-electron chi connectivity index (χ1n) is 8.19. The first-order valence-corrected chi connectivity index (χ1v) is 9.01. The largest absolute Gasteiger partial charge is 0.469 e. The molecule has 1 N–H and O–H groups in total. The third-order valence-corrected chi connectivity index (χ3v) is 5.02. The Morgan fingerprint density at radius 3 is 3.04 bits per heavy atom. The summed E-state index contributed by atoms with van der Waals surface area (Å²) in [7, 11) is 0. The summed E-state index contributed by atoms with van der Waals surface area (Å²) in [5, 5.41) is 19.2. The molecule has 1 aliphatic carbocycles. The number of aryl methyl sites for hydroxylation is 1. The number of rotatable bonds is 8. The molecule has 1 aromatic heterocycles. The summed E-state index contributed by atoms with van der Waals surface area (Å²) >= 11 is 1.51. The lowest BCUT2D eigenvalue weighted by Crippen LogP contribution is -2.28. The fourth-order valence-corrected chi connectivity index (χ4v) is 3.96. The Labute approximate surface area is 140 Å². The molecule has 0 fully saturated rings. The maximum absolute atomic E-state index is 9.22. The number of nitrogens with zero attached hydrogens (tertiary/aromatic N) is 3. The first-order chi connectivity index (χ1) is 11.3. The molecule has 0 spiro atoms. The van der Waals surface area contributed by atoms with Gasteiger partial charge >= 0.3 is 0 Å². The molecule has 0 aliphatic heterocycles. The van der Waals surface area contributed by atoms with Crippen LogP contribution in [0.15, 0.2) is 24.3 Å². The zero-order valence-corrected chi connectivity index (χ0v) is 14.3. The SMILES string of the molecule is CCOc1nnc(CN(CCCO)C2CCc3ccccc32)s1. The summed E-state index contributed by atoms with van der Waals surface area (Å²) in [6.07, 6.45) is 3.02. The highest BCUT2D eigenvalue weighted by Crippen LogP contribution is 2.36. The van der Waals surface area contributed by atoms with Crippen molar-refractivity contribution in [2.45, 2.75) is 38.8 Å². The Hall–Kier alpha value is -1.50. The lowest BCUT2D eigenvalue weighted by molar-refractivity contribution is 0.165. The van der Waals surface area contributed by atoms with Gasteiger partial charge in [-0.2, -0.15) is 0 Å². The molecule has 5 nitrogen and oxygen atoms in total. The minimum Gasteiger partial charge on any atom is -0.469 e. The summed E-state index contributed by atoms with van der Waals surface area (Å²) < 4.78 is 5.42. The molecule has 6 heteroatoms. The van der Waals surface area contributed by atoms with E-state index in [-0.39, 0.29) is 6.61 Å². The molecule has 2 aromatic rings. The van der Waals surface area contributed by atoms with Crippen LogP contribution in [0.5, 0.6) is 5.19 Å². The molecule has 1 heterocycles. The van der Waals surface area contributed by atoms with Gasteiger partial charge in [0.2, 0.25) is 0 Å². The van der Waals surface area contributed by atoms with Gasteiger partial charge < -0.3 is 9.84 Å². The molecule has 0 radical (unpaired) electrons. The second-order valence-electron chi connectivity index (χ2n) is 5.70. The van der Waals surface area contributed by atoms with Gasteiger partial charge in [-0.05, 0) is 37.3 Å². The van der Waals surface area contributed by atoms with Crippen LogP contribution in [-0.4, -0.2) is 40.0 Å². The summed E-state index contributed by atoms with van der Waals surface area (Å²) in [6, 6.07) is 9.07. The van der Waals surface area contributed by atoms with E-state index in [0.717, 1.165) is 37.4 Å². The number of benzene rings is 1. The van der Waals surface area contributed by atoms with Crippen molar-refractivity contribution in [1.29, 1.82) is 0 Å². The third-order valence-electron chi connectivity index (χ3n) is 4.20. The normalized spacial score (nSPS) is 16.7. The van der Waals surface area contributed by atoms with Crippen molar-refractivity contribution >= 4 is 11.3 Å². The van der Waals surface area contributed by atoms with E-state index in [4.69, 9.17) is 4.74 Å². The molecule has 124 valence electrons. The highest BCUT2D eigenvalue weighted by Gasteiger charge is 2.28. The molecule has 1 aliphatic rings. The Kier molecular flexibility index (Phi) is 5.59. The second kappa shape index (κ2) is 7.86. The van der Waals surface area contributed by atoms with Crippen LogP contribution in [0.25, 0.3) is 0 Å². The van der Waals surface area contributed by atoms with Crippen molar-refractivity contribution < 1.29 is 9.84 Å². The van der Waals surface area contributed by atoms with Crippen LogP contribution in [-0.2, 0) is 13.0 Å². The van der Waals surface area contributed by atoms with E-state index < -0.39 is 0 Å². The molecule has 0 saturated carbocycles. The summed E-state index contributed by atoms with van der Waals surface area (Å²) in [5.41, 5.74) is 2.86. The van der Waals surface area contributed by atoms with Gasteiger partial charge in [-0.25, -0.2) is 0 Å². The molecule has 1 atom stereocenters. The second-order valence-corrected chi connectivity index (χ2v) is 6.72. The van der Waals surface area contributed by atoms with Crippen molar-refractivity contribution in [3.8, 4) is 5.19 Å². The Balaban J connectivity index is 1.75. The third kappa shape index (κ3) is 3.88. The minimum atomic E-state index is 0.213. The van der Waals surface area contributed by atoms with Crippen LogP contribution >= 0.6 is 11.3 Å². The van der Waals surface area contributed by atoms with Crippen LogP contribution in [0.4, 0.5) is 0 Å². The molecule has 0 saturated heterocycles. The summed E-state index contributed by atoms with van der Waals surface area (Å²) in [6.45, 7) is 4.39. The highest BCUT2D eigenvalue weighted by molar-refractivity contribution is 7.13. The van der Waals surface area contributed by atoms with Crippen molar-refractivity contribution in [3.05, 3.63) is 40.4 Å². The molecule has 1 unspecified atom stereocenters. The van der Waals surface area contributed by atoms with Crippen LogP contribution in [0.1, 0.15) is 41.9 Å². The number of ether oxygens (including phenoxy) is 1. The highest BCUT2D eigenvalue weighted by atomic mass is 32.1. The van der Waals surface area contributed by atoms with Gasteiger partial charge in [-0.3, -0.25) is 4.90 Å². The van der Waals surface area contributed by atoms with Gasteiger partial charge in [0, 0.05) is 19.2 Å². The molecule has 23 heavy (non-hydrogen) atoms. The van der Waals surface area contributed by atoms with E-state index in [1.165, 1.54) is 22.5 Å². The number of aliphatic hydroxyl groups is 1. The predicted octanol–water partition coefficient (Wildman–Crippen LogP) is 2.81. The van der Waals surface area contributed by atoms with Gasteiger partial charge in [0.15, 0.2) is 0 Å². The quantitative estimate of drug-likeness (QED) is 0.805. The number of aromatic nitrogens is 2. The number of hydrogen-bond donors (Lipinski definition) is 1. The fraction of sp³-hybridized carbons (Fsp3) is 0.529. The van der Waals surface area contributed by atoms with Crippen LogP contribution in [0.2, 0.25) is 0 Å². The maximum Gasteiger partial charge on any atom is 0.294 e. The van der Waals surface area contributed by atoms with E-state index >= 15 is 0 Å². The van der Waals surface area contributed by atoms with Crippen molar-refractivity contribution in [1.82, 2.24) is 15.1 Å². The minimum absolute atomic E-state index is 0.213. The molecule has 1 aromatic carbocycles. The topological polar surface area (TPSA) is 58.5 Å². The number of hydrogen-bond acceptors (Lipinski definition) is 6. The van der Waals surface area contributed by atoms with Crippen molar-refractivity contribution in [3.63, 3.8) is 0 Å². The first kappa shape index (κ1) is 16.4. The van der Waals surface area contributed by atoms with Gasteiger partial charge in [-0.1, -0.05) is 35.6 Å². The molecule has 0 bridgehead atoms. The van der Waals surface area contributed by atoms with Crippen molar-refractivity contribution in [2.75, 3.05) is 19.8 Å². The lowest BCUT2D eigenvalue weighted by Gasteiger charge is -2.28. The zero-order chi connectivity index (χ0) is 16.1. The van der Waals surface area contributed by atoms with Crippen molar-refractivity contribution in [2.24, 2.45) is 0 Å². The number of fused-ring (bicyclic) bond motifs is 1. The van der Waals surface area contributed by atoms with E-state index in [9.17, 15) is 5.11 Å². The Bertz CT molecular complexity index is 632. The van der Waals surface area contributed by atoms with Gasteiger partial charge in [-0.15, -0.1) is 10.2 Å². The monoisotopic (exact) mass is 333 g/mol. The summed E-state index contributed by atoms with van der Waals surface area (Å²) in [5.74, 6) is 0. The molecular weight excluding hydrogens is 310 g/mol. The average Bonchev–Trinajstić information content (AvgIpc) is 3.18. The lowest BCUT2D eigenvalue weighted by atomic mass is 10.1. The Morgan fingerprint density at radius 1 is 1.35 bits per heavy atom. The fourth-order valence-electron chi connectivity index (χ4n) is 3.19. The standard InChI is InChI=1S/C17H23N3O2S/c1-2-22-17-19-18-16(23-17)12-20(10-5-11-21)15-9-8-13-6-3-4-7-14(13)15/h3-4,6-7,15,21H,2,5,8-12H2,1H3. The Morgan fingerprint density at radius 2 is 2.22 bits per heavy atom. The van der Waals surface area contributed by atoms with Gasteiger partial charge in [0.1, 0.15) is 5.01 Å². The average molecular weight is 333 g/mol. The smallest absolute Gasteiger partial charge is 0.294 e. The van der Waals surface area contributed by atoms with Gasteiger partial charge in [0.25, 0.3) is 5.19 Å². The number of aliphatic hydroxyl groups excluding tert-OH is 1.